The number of benzene rings is 1. The van der Waals surface area contributed by atoms with Gasteiger partial charge in [0.15, 0.2) is 0 Å². The second kappa shape index (κ2) is 9.09. The summed E-state index contributed by atoms with van der Waals surface area (Å²) in [7, 11) is 0. The van der Waals surface area contributed by atoms with Gasteiger partial charge in [-0.3, -0.25) is 9.69 Å². The Morgan fingerprint density at radius 2 is 1.72 bits per heavy atom. The van der Waals surface area contributed by atoms with Gasteiger partial charge in [-0.05, 0) is 39.8 Å². The molecule has 8 heteroatoms. The Morgan fingerprint density at radius 3 is 2.34 bits per heavy atom. The lowest BCUT2D eigenvalue weighted by molar-refractivity contribution is -0.117. The van der Waals surface area contributed by atoms with Crippen LogP contribution in [0.5, 0.6) is 0 Å². The van der Waals surface area contributed by atoms with Crippen molar-refractivity contribution in [3.63, 3.8) is 0 Å². The van der Waals surface area contributed by atoms with Gasteiger partial charge in [0.25, 0.3) is 0 Å². The number of nitrogens with zero attached hydrogens (tertiary/aromatic N) is 4. The highest BCUT2D eigenvalue weighted by atomic mass is 16.6. The van der Waals surface area contributed by atoms with Crippen LogP contribution in [0.3, 0.4) is 0 Å². The van der Waals surface area contributed by atoms with Gasteiger partial charge in [0.1, 0.15) is 0 Å². The molecule has 0 radical (unpaired) electrons. The molecule has 0 saturated carbocycles. The number of anilines is 1. The number of piperazine rings is 1. The predicted molar refractivity (Wildman–Crippen MR) is 111 cm³/mol. The maximum absolute atomic E-state index is 12.6. The van der Waals surface area contributed by atoms with Crippen molar-refractivity contribution in [3.05, 3.63) is 41.2 Å². The zero-order valence-corrected chi connectivity index (χ0v) is 17.6. The first-order valence-corrected chi connectivity index (χ1v) is 9.96. The van der Waals surface area contributed by atoms with Crippen molar-refractivity contribution in [2.75, 3.05) is 44.6 Å². The Hall–Kier alpha value is -2.87. The maximum Gasteiger partial charge on any atom is 0.409 e. The number of amides is 2. The highest BCUT2D eigenvalue weighted by molar-refractivity contribution is 5.93. The monoisotopic (exact) mass is 399 g/mol. The lowest BCUT2D eigenvalue weighted by atomic mass is 10.2. The average molecular weight is 399 g/mol. The summed E-state index contributed by atoms with van der Waals surface area (Å²) in [6.07, 6.45) is -0.286. The molecular formula is C21H29N5O3. The quantitative estimate of drug-likeness (QED) is 0.836. The van der Waals surface area contributed by atoms with E-state index in [4.69, 9.17) is 4.74 Å². The SMILES string of the molecule is CCOC(=O)N1CCN(CC(=O)Nc2c(C)nn(-c3ccc(C)cc3)c2C)CC1. The molecule has 2 amide bonds. The van der Waals surface area contributed by atoms with Gasteiger partial charge in [-0.1, -0.05) is 17.7 Å². The molecule has 29 heavy (non-hydrogen) atoms. The number of ether oxygens (including phenoxy) is 1. The third-order valence-corrected chi connectivity index (χ3v) is 5.10. The second-order valence-electron chi connectivity index (χ2n) is 7.30. The minimum absolute atomic E-state index is 0.0794. The molecule has 0 atom stereocenters. The van der Waals surface area contributed by atoms with Crippen LogP contribution in [-0.4, -0.2) is 70.9 Å². The smallest absolute Gasteiger partial charge is 0.409 e. The third-order valence-electron chi connectivity index (χ3n) is 5.10. The highest BCUT2D eigenvalue weighted by Crippen LogP contribution is 2.23. The molecule has 1 aromatic heterocycles. The van der Waals surface area contributed by atoms with Crippen LogP contribution >= 0.6 is 0 Å². The van der Waals surface area contributed by atoms with Crippen molar-refractivity contribution in [1.82, 2.24) is 19.6 Å². The number of nitrogens with one attached hydrogen (secondary N) is 1. The van der Waals surface area contributed by atoms with Crippen LogP contribution in [0.2, 0.25) is 0 Å². The molecule has 2 heterocycles. The Bertz CT molecular complexity index is 867. The lowest BCUT2D eigenvalue weighted by Crippen LogP contribution is -2.50. The first-order chi connectivity index (χ1) is 13.9. The normalized spacial score (nSPS) is 14.7. The average Bonchev–Trinajstić information content (AvgIpc) is 2.97. The number of hydrogen-bond donors (Lipinski definition) is 1. The van der Waals surface area contributed by atoms with E-state index >= 15 is 0 Å². The predicted octanol–water partition coefficient (Wildman–Crippen LogP) is 2.51. The van der Waals surface area contributed by atoms with Crippen molar-refractivity contribution < 1.29 is 14.3 Å². The van der Waals surface area contributed by atoms with E-state index in [1.165, 1.54) is 5.56 Å². The van der Waals surface area contributed by atoms with Crippen molar-refractivity contribution in [1.29, 1.82) is 0 Å². The number of aromatic nitrogens is 2. The van der Waals surface area contributed by atoms with E-state index in [1.807, 2.05) is 54.6 Å². The largest absolute Gasteiger partial charge is 0.450 e. The van der Waals surface area contributed by atoms with Crippen LogP contribution in [0, 0.1) is 20.8 Å². The van der Waals surface area contributed by atoms with Crippen LogP contribution in [0.15, 0.2) is 24.3 Å². The molecular weight excluding hydrogens is 370 g/mol. The molecule has 8 nitrogen and oxygen atoms in total. The van der Waals surface area contributed by atoms with Gasteiger partial charge < -0.3 is 15.0 Å². The van der Waals surface area contributed by atoms with Crippen LogP contribution in [0.4, 0.5) is 10.5 Å². The zero-order chi connectivity index (χ0) is 21.0. The summed E-state index contributed by atoms with van der Waals surface area (Å²) in [5, 5.41) is 7.60. The van der Waals surface area contributed by atoms with Crippen molar-refractivity contribution in [2.45, 2.75) is 27.7 Å². The standard InChI is InChI=1S/C21H29N5O3/c1-5-29-21(28)25-12-10-24(11-13-25)14-19(27)22-20-16(3)23-26(17(20)4)18-8-6-15(2)7-9-18/h6-9H,5,10-14H2,1-4H3,(H,22,27). The van der Waals surface area contributed by atoms with Gasteiger partial charge in [0, 0.05) is 26.2 Å². The number of carbonyl (C=O) groups is 2. The van der Waals surface area contributed by atoms with Crippen molar-refractivity contribution >= 4 is 17.7 Å². The molecule has 0 bridgehead atoms. The van der Waals surface area contributed by atoms with Crippen LogP contribution in [0.25, 0.3) is 5.69 Å². The summed E-state index contributed by atoms with van der Waals surface area (Å²) in [5.74, 6) is -0.0794. The molecule has 156 valence electrons. The Labute approximate surface area is 171 Å². The van der Waals surface area contributed by atoms with E-state index in [2.05, 4.69) is 10.4 Å². The van der Waals surface area contributed by atoms with Crippen molar-refractivity contribution in [2.24, 2.45) is 0 Å². The van der Waals surface area contributed by atoms with Crippen LogP contribution < -0.4 is 5.32 Å². The minimum Gasteiger partial charge on any atom is -0.450 e. The Kier molecular flexibility index (Phi) is 6.53. The fourth-order valence-electron chi connectivity index (χ4n) is 3.45. The molecule has 1 aliphatic heterocycles. The maximum atomic E-state index is 12.6. The minimum atomic E-state index is -0.286. The molecule has 0 aliphatic carbocycles. The van der Waals surface area contributed by atoms with Gasteiger partial charge in [0.2, 0.25) is 5.91 Å². The van der Waals surface area contributed by atoms with Gasteiger partial charge in [-0.2, -0.15) is 5.10 Å². The zero-order valence-electron chi connectivity index (χ0n) is 17.6. The van der Waals surface area contributed by atoms with Gasteiger partial charge in [-0.25, -0.2) is 9.48 Å². The topological polar surface area (TPSA) is 79.7 Å². The molecule has 1 N–H and O–H groups in total. The van der Waals surface area contributed by atoms with E-state index in [9.17, 15) is 9.59 Å². The third kappa shape index (κ3) is 4.95. The molecule has 1 saturated heterocycles. The lowest BCUT2D eigenvalue weighted by Gasteiger charge is -2.33. The molecule has 1 aliphatic rings. The summed E-state index contributed by atoms with van der Waals surface area (Å²) in [6, 6.07) is 8.12. The van der Waals surface area contributed by atoms with Gasteiger partial charge in [-0.15, -0.1) is 0 Å². The number of carbonyl (C=O) groups excluding carboxylic acids is 2. The molecule has 1 aromatic carbocycles. The molecule has 0 unspecified atom stereocenters. The Balaban J connectivity index is 1.59. The van der Waals surface area contributed by atoms with Gasteiger partial charge in [0.05, 0.1) is 35.9 Å². The number of hydrogen-bond acceptors (Lipinski definition) is 5. The van der Waals surface area contributed by atoms with Crippen LogP contribution in [0.1, 0.15) is 23.9 Å². The van der Waals surface area contributed by atoms with E-state index in [-0.39, 0.29) is 18.5 Å². The van der Waals surface area contributed by atoms with E-state index in [1.54, 1.807) is 11.8 Å². The first-order valence-electron chi connectivity index (χ1n) is 9.96. The van der Waals surface area contributed by atoms with E-state index < -0.39 is 0 Å². The second-order valence-corrected chi connectivity index (χ2v) is 7.30. The molecule has 1 fully saturated rings. The Morgan fingerprint density at radius 1 is 1.07 bits per heavy atom. The van der Waals surface area contributed by atoms with E-state index in [0.29, 0.717) is 32.8 Å². The van der Waals surface area contributed by atoms with Crippen LogP contribution in [-0.2, 0) is 9.53 Å². The van der Waals surface area contributed by atoms with Gasteiger partial charge >= 0.3 is 6.09 Å². The molecule has 3 rings (SSSR count). The first kappa shape index (κ1) is 20.9. The summed E-state index contributed by atoms with van der Waals surface area (Å²) in [6.45, 7) is 10.8. The summed E-state index contributed by atoms with van der Waals surface area (Å²) >= 11 is 0. The number of aryl methyl sites for hydroxylation is 2. The summed E-state index contributed by atoms with van der Waals surface area (Å²) in [4.78, 5) is 28.1. The number of rotatable bonds is 5. The summed E-state index contributed by atoms with van der Waals surface area (Å²) < 4.78 is 6.88. The highest BCUT2D eigenvalue weighted by Gasteiger charge is 2.24. The van der Waals surface area contributed by atoms with Crippen molar-refractivity contribution in [3.8, 4) is 5.69 Å². The molecule has 0 spiro atoms. The van der Waals surface area contributed by atoms with E-state index in [0.717, 1.165) is 22.8 Å². The fourth-order valence-corrected chi connectivity index (χ4v) is 3.45. The summed E-state index contributed by atoms with van der Waals surface area (Å²) in [5.41, 5.74) is 4.58. The molecule has 2 aromatic rings. The fraction of sp³-hybridized carbons (Fsp3) is 0.476.